The van der Waals surface area contributed by atoms with E-state index >= 15 is 0 Å². The molecule has 0 radical (unpaired) electrons. The van der Waals surface area contributed by atoms with Crippen LogP contribution in [0.3, 0.4) is 0 Å². The zero-order chi connectivity index (χ0) is 12.6. The summed E-state index contributed by atoms with van der Waals surface area (Å²) in [4.78, 5) is 2.14. The zero-order valence-electron chi connectivity index (χ0n) is 11.4. The first kappa shape index (κ1) is 15.8. The molecule has 4 nitrogen and oxygen atoms in total. The van der Waals surface area contributed by atoms with E-state index in [0.717, 1.165) is 19.6 Å². The fourth-order valence-corrected chi connectivity index (χ4v) is 1.62. The van der Waals surface area contributed by atoms with Crippen LogP contribution in [0.15, 0.2) is 0 Å². The molecule has 0 aliphatic carbocycles. The lowest BCUT2D eigenvalue weighted by atomic mass is 10.1. The second-order valence-corrected chi connectivity index (χ2v) is 5.12. The smallest absolute Gasteiger partial charge is 0.0869 e. The van der Waals surface area contributed by atoms with Crippen LogP contribution in [0.1, 0.15) is 27.2 Å². The van der Waals surface area contributed by atoms with Crippen molar-refractivity contribution in [2.45, 2.75) is 38.8 Å². The molecule has 0 bridgehead atoms. The minimum Gasteiger partial charge on any atom is -0.388 e. The summed E-state index contributed by atoms with van der Waals surface area (Å²) in [6, 6.07) is 0.408. The van der Waals surface area contributed by atoms with Gasteiger partial charge in [0.2, 0.25) is 0 Å². The van der Waals surface area contributed by atoms with Gasteiger partial charge >= 0.3 is 0 Å². The lowest BCUT2D eigenvalue weighted by molar-refractivity contribution is 0.0240. The third-order valence-electron chi connectivity index (χ3n) is 2.39. The van der Waals surface area contributed by atoms with Gasteiger partial charge in [-0.05, 0) is 20.4 Å². The van der Waals surface area contributed by atoms with Crippen LogP contribution < -0.4 is 5.32 Å². The molecule has 0 amide bonds. The van der Waals surface area contributed by atoms with Gasteiger partial charge in [0.1, 0.15) is 0 Å². The summed E-state index contributed by atoms with van der Waals surface area (Å²) in [5, 5.41) is 13.4. The largest absolute Gasteiger partial charge is 0.388 e. The average Bonchev–Trinajstić information content (AvgIpc) is 2.15. The number of nitrogens with zero attached hydrogens (tertiary/aromatic N) is 1. The molecule has 0 saturated heterocycles. The summed E-state index contributed by atoms with van der Waals surface area (Å²) in [6.45, 7) is 9.06. The number of rotatable bonds is 9. The molecule has 0 aromatic carbocycles. The molecule has 0 aromatic rings. The Labute approximate surface area is 100.0 Å². The minimum absolute atomic E-state index is 0.408. The SMILES string of the molecule is COCCCN(C)CC(C)(O)CNC(C)C. The van der Waals surface area contributed by atoms with Gasteiger partial charge in [0.05, 0.1) is 5.60 Å². The van der Waals surface area contributed by atoms with Crippen LogP contribution in [0, 0.1) is 0 Å². The van der Waals surface area contributed by atoms with Crippen molar-refractivity contribution in [1.29, 1.82) is 0 Å². The van der Waals surface area contributed by atoms with Crippen LogP contribution in [0.5, 0.6) is 0 Å². The highest BCUT2D eigenvalue weighted by molar-refractivity contribution is 4.79. The van der Waals surface area contributed by atoms with Crippen molar-refractivity contribution in [3.63, 3.8) is 0 Å². The third kappa shape index (κ3) is 9.09. The molecule has 98 valence electrons. The van der Waals surface area contributed by atoms with E-state index in [0.29, 0.717) is 19.1 Å². The topological polar surface area (TPSA) is 44.7 Å². The highest BCUT2D eigenvalue weighted by atomic mass is 16.5. The van der Waals surface area contributed by atoms with E-state index in [1.165, 1.54) is 0 Å². The van der Waals surface area contributed by atoms with Crippen molar-refractivity contribution in [3.8, 4) is 0 Å². The molecular formula is C12H28N2O2. The van der Waals surface area contributed by atoms with Crippen molar-refractivity contribution >= 4 is 0 Å². The number of methoxy groups -OCH3 is 1. The summed E-state index contributed by atoms with van der Waals surface area (Å²) in [7, 11) is 3.74. The van der Waals surface area contributed by atoms with Gasteiger partial charge in [0.25, 0.3) is 0 Å². The molecule has 0 aliphatic heterocycles. The Morgan fingerprint density at radius 3 is 2.56 bits per heavy atom. The summed E-state index contributed by atoms with van der Waals surface area (Å²) in [5.41, 5.74) is -0.675. The van der Waals surface area contributed by atoms with Crippen LogP contribution in [0.4, 0.5) is 0 Å². The van der Waals surface area contributed by atoms with Crippen LogP contribution >= 0.6 is 0 Å². The molecule has 0 saturated carbocycles. The van der Waals surface area contributed by atoms with Gasteiger partial charge in [0.15, 0.2) is 0 Å². The molecule has 0 aliphatic rings. The predicted octanol–water partition coefficient (Wildman–Crippen LogP) is 0.704. The molecule has 1 atom stereocenters. The first-order valence-electron chi connectivity index (χ1n) is 6.00. The van der Waals surface area contributed by atoms with Crippen molar-refractivity contribution in [2.75, 3.05) is 40.4 Å². The van der Waals surface area contributed by atoms with Crippen molar-refractivity contribution in [1.82, 2.24) is 10.2 Å². The molecule has 0 aromatic heterocycles. The lowest BCUT2D eigenvalue weighted by Gasteiger charge is -2.30. The van der Waals surface area contributed by atoms with Crippen LogP contribution in [-0.2, 0) is 4.74 Å². The minimum atomic E-state index is -0.675. The van der Waals surface area contributed by atoms with Crippen LogP contribution in [-0.4, -0.2) is 62.0 Å². The molecular weight excluding hydrogens is 204 g/mol. The Morgan fingerprint density at radius 2 is 2.06 bits per heavy atom. The molecule has 16 heavy (non-hydrogen) atoms. The highest BCUT2D eigenvalue weighted by Crippen LogP contribution is 2.05. The number of ether oxygens (including phenoxy) is 1. The van der Waals surface area contributed by atoms with E-state index in [4.69, 9.17) is 4.74 Å². The Bertz CT molecular complexity index is 172. The number of hydrogen-bond acceptors (Lipinski definition) is 4. The van der Waals surface area contributed by atoms with Crippen molar-refractivity contribution in [2.24, 2.45) is 0 Å². The quantitative estimate of drug-likeness (QED) is 0.575. The molecule has 0 heterocycles. The molecule has 0 spiro atoms. The molecule has 4 heteroatoms. The van der Waals surface area contributed by atoms with Crippen molar-refractivity contribution < 1.29 is 9.84 Å². The lowest BCUT2D eigenvalue weighted by Crippen LogP contribution is -2.48. The van der Waals surface area contributed by atoms with Crippen LogP contribution in [0.2, 0.25) is 0 Å². The normalized spacial score (nSPS) is 15.8. The second kappa shape index (κ2) is 8.01. The maximum absolute atomic E-state index is 10.2. The third-order valence-corrected chi connectivity index (χ3v) is 2.39. The summed E-state index contributed by atoms with van der Waals surface area (Å²) >= 11 is 0. The van der Waals surface area contributed by atoms with E-state index in [-0.39, 0.29) is 0 Å². The summed E-state index contributed by atoms with van der Waals surface area (Å²) in [5.74, 6) is 0. The first-order chi connectivity index (χ1) is 7.37. The van der Waals surface area contributed by atoms with Gasteiger partial charge in [-0.2, -0.15) is 0 Å². The predicted molar refractivity (Wildman–Crippen MR) is 67.8 cm³/mol. The zero-order valence-corrected chi connectivity index (χ0v) is 11.4. The summed E-state index contributed by atoms with van der Waals surface area (Å²) < 4.78 is 5.00. The van der Waals surface area contributed by atoms with Gasteiger partial charge in [-0.1, -0.05) is 13.8 Å². The Hall–Kier alpha value is -0.160. The van der Waals surface area contributed by atoms with Gasteiger partial charge in [-0.25, -0.2) is 0 Å². The monoisotopic (exact) mass is 232 g/mol. The van der Waals surface area contributed by atoms with Gasteiger partial charge < -0.3 is 20.1 Å². The highest BCUT2D eigenvalue weighted by Gasteiger charge is 2.22. The fraction of sp³-hybridized carbons (Fsp3) is 1.00. The van der Waals surface area contributed by atoms with Gasteiger partial charge in [-0.3, -0.25) is 0 Å². The maximum Gasteiger partial charge on any atom is 0.0869 e. The standard InChI is InChI=1S/C12H28N2O2/c1-11(2)13-9-12(3,15)10-14(4)7-6-8-16-5/h11,13,15H,6-10H2,1-5H3. The van der Waals surface area contributed by atoms with E-state index in [9.17, 15) is 5.11 Å². The first-order valence-corrected chi connectivity index (χ1v) is 6.00. The van der Waals surface area contributed by atoms with Crippen molar-refractivity contribution in [3.05, 3.63) is 0 Å². The van der Waals surface area contributed by atoms with Gasteiger partial charge in [0, 0.05) is 39.4 Å². The average molecular weight is 232 g/mol. The van der Waals surface area contributed by atoms with Gasteiger partial charge in [-0.15, -0.1) is 0 Å². The number of hydrogen-bond donors (Lipinski definition) is 2. The molecule has 2 N–H and O–H groups in total. The van der Waals surface area contributed by atoms with E-state index in [1.54, 1.807) is 7.11 Å². The molecule has 0 fully saturated rings. The Morgan fingerprint density at radius 1 is 1.44 bits per heavy atom. The van der Waals surface area contributed by atoms with E-state index < -0.39 is 5.60 Å². The Kier molecular flexibility index (Phi) is 7.93. The molecule has 0 rings (SSSR count). The van der Waals surface area contributed by atoms with Crippen LogP contribution in [0.25, 0.3) is 0 Å². The molecule has 1 unspecified atom stereocenters. The number of aliphatic hydroxyl groups is 1. The number of nitrogens with one attached hydrogen (secondary N) is 1. The van der Waals surface area contributed by atoms with E-state index in [1.807, 2.05) is 14.0 Å². The fourth-order valence-electron chi connectivity index (χ4n) is 1.62. The van der Waals surface area contributed by atoms with E-state index in [2.05, 4.69) is 24.1 Å². The maximum atomic E-state index is 10.2. The second-order valence-electron chi connectivity index (χ2n) is 5.12. The Balaban J connectivity index is 3.76. The summed E-state index contributed by atoms with van der Waals surface area (Å²) in [6.07, 6.45) is 1.00. The number of likely N-dealkylation sites (N-methyl/N-ethyl adjacent to an activating group) is 1.